The minimum absolute atomic E-state index is 0.154. The second-order valence-corrected chi connectivity index (χ2v) is 11.2. The van der Waals surface area contributed by atoms with Gasteiger partial charge in [0.25, 0.3) is 10.0 Å². The molecule has 0 aliphatic carbocycles. The summed E-state index contributed by atoms with van der Waals surface area (Å²) >= 11 is 6.11. The van der Waals surface area contributed by atoms with Crippen molar-refractivity contribution in [2.75, 3.05) is 18.0 Å². The average Bonchev–Trinajstić information content (AvgIpc) is 2.87. The number of rotatable bonds is 8. The zero-order chi connectivity index (χ0) is 27.6. The predicted octanol–water partition coefficient (Wildman–Crippen LogP) is 5.10. The molecule has 0 radical (unpaired) electrons. The third kappa shape index (κ3) is 5.56. The highest BCUT2D eigenvalue weighted by atomic mass is 35.5. The van der Waals surface area contributed by atoms with Crippen molar-refractivity contribution < 1.29 is 31.5 Å². The van der Waals surface area contributed by atoms with Crippen LogP contribution in [0.3, 0.4) is 0 Å². The van der Waals surface area contributed by atoms with E-state index >= 15 is 0 Å². The number of sulfonamides is 1. The fourth-order valence-electron chi connectivity index (χ4n) is 4.48. The summed E-state index contributed by atoms with van der Waals surface area (Å²) in [6.07, 6.45) is 0.495. The molecule has 0 unspecified atom stereocenters. The summed E-state index contributed by atoms with van der Waals surface area (Å²) in [5.41, 5.74) is 1.27. The van der Waals surface area contributed by atoms with Gasteiger partial charge in [0, 0.05) is 43.1 Å². The summed E-state index contributed by atoms with van der Waals surface area (Å²) in [6.45, 7) is 3.25. The van der Waals surface area contributed by atoms with Gasteiger partial charge in [-0.1, -0.05) is 23.7 Å². The minimum Gasteiger partial charge on any atom is -0.494 e. The van der Waals surface area contributed by atoms with Crippen molar-refractivity contribution in [3.05, 3.63) is 82.4 Å². The van der Waals surface area contributed by atoms with Gasteiger partial charge in [-0.2, -0.15) is 0 Å². The molecule has 0 fully saturated rings. The third-order valence-electron chi connectivity index (χ3n) is 6.57. The van der Waals surface area contributed by atoms with Gasteiger partial charge < -0.3 is 14.8 Å². The summed E-state index contributed by atoms with van der Waals surface area (Å²) in [4.78, 5) is 11.4. The maximum atomic E-state index is 14.2. The molecule has 0 saturated carbocycles. The Balaban J connectivity index is 1.75. The summed E-state index contributed by atoms with van der Waals surface area (Å²) in [5, 5.41) is 2.99. The Morgan fingerprint density at radius 3 is 2.58 bits per heavy atom. The second kappa shape index (κ2) is 11.2. The molecule has 38 heavy (non-hydrogen) atoms. The number of ether oxygens (including phenoxy) is 2. The molecule has 1 heterocycles. The Bertz CT molecular complexity index is 1450. The number of benzene rings is 3. The average molecular weight is 565 g/mol. The van der Waals surface area contributed by atoms with Crippen molar-refractivity contribution in [2.45, 2.75) is 37.8 Å². The van der Waals surface area contributed by atoms with Crippen molar-refractivity contribution in [2.24, 2.45) is 5.92 Å². The summed E-state index contributed by atoms with van der Waals surface area (Å²) in [7, 11) is -2.95. The fraction of sp³-hybridized carbons (Fsp3) is 0.296. The third-order valence-corrected chi connectivity index (χ3v) is 8.82. The van der Waals surface area contributed by atoms with Crippen molar-refractivity contribution in [3.8, 4) is 11.5 Å². The molecule has 4 rings (SSSR count). The molecule has 1 amide bonds. The van der Waals surface area contributed by atoms with Gasteiger partial charge in [0.05, 0.1) is 22.7 Å². The number of fused-ring (bicyclic) bond motifs is 1. The lowest BCUT2D eigenvalue weighted by Crippen LogP contribution is -2.50. The predicted molar refractivity (Wildman–Crippen MR) is 140 cm³/mol. The van der Waals surface area contributed by atoms with E-state index in [2.05, 4.69) is 5.32 Å². The first-order chi connectivity index (χ1) is 18.0. The molecule has 0 spiro atoms. The van der Waals surface area contributed by atoms with Crippen molar-refractivity contribution in [1.82, 2.24) is 5.32 Å². The number of hydrogen-bond donors (Lipinski definition) is 1. The van der Waals surface area contributed by atoms with Gasteiger partial charge in [-0.15, -0.1) is 0 Å². The van der Waals surface area contributed by atoms with Crippen LogP contribution in [-0.2, 0) is 27.8 Å². The van der Waals surface area contributed by atoms with Crippen LogP contribution in [0, 0.1) is 17.6 Å². The standard InChI is InChI=1S/C27H27ClF2N2O5S/c1-16-19(14-31-17(2)33)11-18-7-8-20(37-15-22-23(28)5-4-6-24(22)29)12-26(18)32(16)38(34,35)21-9-10-25(30)27(13-21)36-3/h4-10,12-13,16,19H,11,14-15H2,1-3H3,(H,31,33)/t16-,19+/m1/s1. The number of nitrogens with zero attached hydrogens (tertiary/aromatic N) is 1. The SMILES string of the molecule is COc1cc(S(=O)(=O)N2c3cc(OCc4c(F)cccc4Cl)ccc3C[C@@H](CNC(C)=O)[C@H]2C)ccc1F. The Morgan fingerprint density at radius 1 is 1.13 bits per heavy atom. The number of hydrogen-bond acceptors (Lipinski definition) is 5. The van der Waals surface area contributed by atoms with Crippen molar-refractivity contribution >= 4 is 33.2 Å². The van der Waals surface area contributed by atoms with E-state index in [1.54, 1.807) is 31.2 Å². The minimum atomic E-state index is -4.21. The van der Waals surface area contributed by atoms with Crippen LogP contribution in [0.2, 0.25) is 5.02 Å². The number of anilines is 1. The van der Waals surface area contributed by atoms with Crippen LogP contribution in [0.25, 0.3) is 0 Å². The van der Waals surface area contributed by atoms with E-state index in [0.29, 0.717) is 23.4 Å². The van der Waals surface area contributed by atoms with E-state index < -0.39 is 27.7 Å². The molecule has 0 saturated heterocycles. The maximum Gasteiger partial charge on any atom is 0.264 e. The highest BCUT2D eigenvalue weighted by Crippen LogP contribution is 2.40. The Kier molecular flexibility index (Phi) is 8.13. The quantitative estimate of drug-likeness (QED) is 0.412. The van der Waals surface area contributed by atoms with Crippen LogP contribution < -0.4 is 19.1 Å². The molecule has 0 bridgehead atoms. The van der Waals surface area contributed by atoms with Crippen LogP contribution in [0.4, 0.5) is 14.5 Å². The second-order valence-electron chi connectivity index (χ2n) is 9.02. The van der Waals surface area contributed by atoms with Gasteiger partial charge in [-0.3, -0.25) is 9.10 Å². The molecule has 11 heteroatoms. The first-order valence-electron chi connectivity index (χ1n) is 11.8. The Morgan fingerprint density at radius 2 is 1.89 bits per heavy atom. The summed E-state index contributed by atoms with van der Waals surface area (Å²) in [5.74, 6) is -1.57. The van der Waals surface area contributed by atoms with Gasteiger partial charge in [0.2, 0.25) is 5.91 Å². The topological polar surface area (TPSA) is 84.9 Å². The van der Waals surface area contributed by atoms with Crippen LogP contribution in [0.5, 0.6) is 11.5 Å². The van der Waals surface area contributed by atoms with E-state index in [4.69, 9.17) is 21.1 Å². The first-order valence-corrected chi connectivity index (χ1v) is 13.7. The number of nitrogens with one attached hydrogen (secondary N) is 1. The zero-order valence-electron chi connectivity index (χ0n) is 21.0. The van der Waals surface area contributed by atoms with E-state index in [1.165, 1.54) is 36.5 Å². The van der Waals surface area contributed by atoms with Gasteiger partial charge in [0.1, 0.15) is 18.2 Å². The number of halogens is 3. The highest BCUT2D eigenvalue weighted by Gasteiger charge is 2.39. The molecule has 0 aromatic heterocycles. The maximum absolute atomic E-state index is 14.2. The number of amides is 1. The molecular formula is C27H27ClF2N2O5S. The zero-order valence-corrected chi connectivity index (χ0v) is 22.6. The van der Waals surface area contributed by atoms with Gasteiger partial charge in [-0.25, -0.2) is 17.2 Å². The van der Waals surface area contributed by atoms with E-state index in [0.717, 1.165) is 12.1 Å². The molecule has 2 atom stereocenters. The number of methoxy groups -OCH3 is 1. The lowest BCUT2D eigenvalue weighted by Gasteiger charge is -2.41. The molecule has 3 aromatic carbocycles. The van der Waals surface area contributed by atoms with Gasteiger partial charge >= 0.3 is 0 Å². The molecule has 7 nitrogen and oxygen atoms in total. The smallest absolute Gasteiger partial charge is 0.264 e. The van der Waals surface area contributed by atoms with Crippen LogP contribution in [0.1, 0.15) is 25.0 Å². The fourth-order valence-corrected chi connectivity index (χ4v) is 6.46. The largest absolute Gasteiger partial charge is 0.494 e. The highest BCUT2D eigenvalue weighted by molar-refractivity contribution is 7.92. The lowest BCUT2D eigenvalue weighted by molar-refractivity contribution is -0.119. The summed E-state index contributed by atoms with van der Waals surface area (Å²) < 4.78 is 68.3. The summed E-state index contributed by atoms with van der Waals surface area (Å²) in [6, 6.07) is 12.1. The lowest BCUT2D eigenvalue weighted by atomic mass is 9.88. The number of carbonyl (C=O) groups excluding carboxylic acids is 1. The normalized spacial score (nSPS) is 17.1. The van der Waals surface area contributed by atoms with E-state index in [-0.39, 0.29) is 46.2 Å². The van der Waals surface area contributed by atoms with E-state index in [1.807, 2.05) is 0 Å². The van der Waals surface area contributed by atoms with Crippen LogP contribution in [-0.4, -0.2) is 34.0 Å². The molecule has 3 aromatic rings. The molecule has 1 aliphatic heterocycles. The van der Waals surface area contributed by atoms with E-state index in [9.17, 15) is 22.0 Å². The Hall–Kier alpha value is -3.37. The monoisotopic (exact) mass is 564 g/mol. The first kappa shape index (κ1) is 27.7. The van der Waals surface area contributed by atoms with Gasteiger partial charge in [-0.05, 0) is 49.2 Å². The molecule has 1 aliphatic rings. The number of carbonyl (C=O) groups is 1. The Labute approximate surface area is 225 Å². The van der Waals surface area contributed by atoms with Crippen molar-refractivity contribution in [3.63, 3.8) is 0 Å². The van der Waals surface area contributed by atoms with Crippen LogP contribution >= 0.6 is 11.6 Å². The van der Waals surface area contributed by atoms with Crippen LogP contribution in [0.15, 0.2) is 59.5 Å². The molecular weight excluding hydrogens is 538 g/mol. The van der Waals surface area contributed by atoms with Gasteiger partial charge in [0.15, 0.2) is 11.6 Å². The molecule has 202 valence electrons. The van der Waals surface area contributed by atoms with Crippen molar-refractivity contribution in [1.29, 1.82) is 0 Å². The molecule has 1 N–H and O–H groups in total.